The van der Waals surface area contributed by atoms with Gasteiger partial charge in [0.15, 0.2) is 5.96 Å². The summed E-state index contributed by atoms with van der Waals surface area (Å²) in [5.41, 5.74) is 2.36. The second kappa shape index (κ2) is 13.4. The van der Waals surface area contributed by atoms with Crippen molar-refractivity contribution in [1.29, 1.82) is 0 Å². The highest BCUT2D eigenvalue weighted by molar-refractivity contribution is 14.0. The molecule has 0 fully saturated rings. The molecule has 0 spiro atoms. The minimum atomic E-state index is -0.297. The lowest BCUT2D eigenvalue weighted by molar-refractivity contribution is 0.205. The zero-order valence-corrected chi connectivity index (χ0v) is 19.1. The zero-order chi connectivity index (χ0) is 19.5. The fraction of sp³-hybridized carbons (Fsp3) is 0.500. The lowest BCUT2D eigenvalue weighted by atomic mass is 10.1. The van der Waals surface area contributed by atoms with Crippen LogP contribution in [0.3, 0.4) is 0 Å². The molecule has 0 saturated heterocycles. The third-order valence-electron chi connectivity index (χ3n) is 4.20. The Morgan fingerprint density at radius 1 is 1.32 bits per heavy atom. The topological polar surface area (TPSA) is 74.3 Å². The van der Waals surface area contributed by atoms with Crippen LogP contribution in [0, 0.1) is 12.7 Å². The Labute approximate surface area is 183 Å². The summed E-state index contributed by atoms with van der Waals surface area (Å²) in [5.74, 6) is 1.00. The molecule has 1 aromatic heterocycles. The van der Waals surface area contributed by atoms with Crippen molar-refractivity contribution in [3.8, 4) is 5.75 Å². The number of halogens is 2. The first-order chi connectivity index (χ1) is 13.1. The van der Waals surface area contributed by atoms with Crippen LogP contribution in [0.5, 0.6) is 5.75 Å². The lowest BCUT2D eigenvalue weighted by Gasteiger charge is -2.17. The highest BCUT2D eigenvalue weighted by atomic mass is 127. The van der Waals surface area contributed by atoms with E-state index in [0.717, 1.165) is 44.0 Å². The number of aliphatic imine (C=N–C) groups is 1. The average Bonchev–Trinajstić information content (AvgIpc) is 3.06. The van der Waals surface area contributed by atoms with E-state index in [9.17, 15) is 4.39 Å². The fourth-order valence-electron chi connectivity index (χ4n) is 2.63. The third kappa shape index (κ3) is 8.45. The molecular formula is C20H31FIN5O. The number of benzene rings is 1. The van der Waals surface area contributed by atoms with E-state index in [4.69, 9.17) is 4.74 Å². The number of rotatable bonds is 10. The van der Waals surface area contributed by atoms with Gasteiger partial charge in [-0.15, -0.1) is 24.0 Å². The molecule has 1 heterocycles. The Balaban J connectivity index is 0.00000392. The number of aromatic nitrogens is 2. The van der Waals surface area contributed by atoms with Crippen LogP contribution in [-0.2, 0) is 6.42 Å². The smallest absolute Gasteiger partial charge is 0.191 e. The summed E-state index contributed by atoms with van der Waals surface area (Å²) in [7, 11) is 0. The summed E-state index contributed by atoms with van der Waals surface area (Å²) in [5, 5.41) is 13.6. The van der Waals surface area contributed by atoms with Gasteiger partial charge >= 0.3 is 0 Å². The maximum Gasteiger partial charge on any atom is 0.191 e. The van der Waals surface area contributed by atoms with Crippen molar-refractivity contribution in [2.24, 2.45) is 4.99 Å². The normalized spacial score (nSPS) is 12.2. The molecule has 6 nitrogen and oxygen atoms in total. The molecule has 28 heavy (non-hydrogen) atoms. The number of aryl methyl sites for hydroxylation is 2. The van der Waals surface area contributed by atoms with Gasteiger partial charge < -0.3 is 15.4 Å². The summed E-state index contributed by atoms with van der Waals surface area (Å²) in [6.45, 7) is 8.21. The molecule has 0 radical (unpaired) electrons. The van der Waals surface area contributed by atoms with Crippen LogP contribution in [0.25, 0.3) is 0 Å². The van der Waals surface area contributed by atoms with Crippen molar-refractivity contribution in [2.75, 3.05) is 19.6 Å². The predicted molar refractivity (Wildman–Crippen MR) is 122 cm³/mol. The van der Waals surface area contributed by atoms with E-state index in [-0.39, 0.29) is 35.9 Å². The van der Waals surface area contributed by atoms with E-state index >= 15 is 0 Å². The second-order valence-electron chi connectivity index (χ2n) is 6.38. The van der Waals surface area contributed by atoms with Crippen LogP contribution >= 0.6 is 24.0 Å². The zero-order valence-electron chi connectivity index (χ0n) is 16.8. The quantitative estimate of drug-likeness (QED) is 0.200. The number of guanidine groups is 1. The molecule has 8 heteroatoms. The summed E-state index contributed by atoms with van der Waals surface area (Å²) in [6, 6.07) is 6.21. The molecule has 1 atom stereocenters. The first-order valence-electron chi connectivity index (χ1n) is 9.55. The predicted octanol–water partition coefficient (Wildman–Crippen LogP) is 3.82. The standard InChI is InChI=1S/C20H30FN5O.HI/c1-4-18(27-19-10-6-9-17(21)12-19)14-24-20(22-5-2)23-11-7-8-16-13-25-26-15(16)3;/h6,9-10,12-13,18H,4-5,7-8,11,14H2,1-3H3,(H,25,26)(H2,22,23,24);1H. The van der Waals surface area contributed by atoms with Gasteiger partial charge in [-0.2, -0.15) is 5.10 Å². The van der Waals surface area contributed by atoms with Gasteiger partial charge in [0.25, 0.3) is 0 Å². The van der Waals surface area contributed by atoms with Crippen LogP contribution in [0.15, 0.2) is 35.5 Å². The van der Waals surface area contributed by atoms with Gasteiger partial charge in [0, 0.05) is 24.8 Å². The number of hydrogen-bond acceptors (Lipinski definition) is 3. The Morgan fingerprint density at radius 2 is 2.14 bits per heavy atom. The third-order valence-corrected chi connectivity index (χ3v) is 4.20. The van der Waals surface area contributed by atoms with Crippen molar-refractivity contribution in [3.05, 3.63) is 47.5 Å². The van der Waals surface area contributed by atoms with E-state index in [0.29, 0.717) is 12.3 Å². The second-order valence-corrected chi connectivity index (χ2v) is 6.38. The average molecular weight is 503 g/mol. The Bertz CT molecular complexity index is 722. The molecule has 0 aliphatic carbocycles. The minimum Gasteiger partial charge on any atom is -0.488 e. The molecule has 0 aliphatic heterocycles. The summed E-state index contributed by atoms with van der Waals surface area (Å²) in [6.07, 6.45) is 4.52. The minimum absolute atomic E-state index is 0. The number of H-pyrrole nitrogens is 1. The summed E-state index contributed by atoms with van der Waals surface area (Å²) < 4.78 is 19.2. The number of ether oxygens (including phenoxy) is 1. The van der Waals surface area contributed by atoms with E-state index < -0.39 is 0 Å². The lowest BCUT2D eigenvalue weighted by Crippen LogP contribution is -2.38. The summed E-state index contributed by atoms with van der Waals surface area (Å²) >= 11 is 0. The van der Waals surface area contributed by atoms with Crippen LogP contribution in [-0.4, -0.2) is 41.9 Å². The number of hydrogen-bond donors (Lipinski definition) is 3. The molecule has 0 amide bonds. The molecule has 3 N–H and O–H groups in total. The van der Waals surface area contributed by atoms with Gasteiger partial charge in [-0.1, -0.05) is 13.0 Å². The van der Waals surface area contributed by atoms with E-state index in [1.54, 1.807) is 12.1 Å². The van der Waals surface area contributed by atoms with Crippen LogP contribution in [0.1, 0.15) is 37.9 Å². The maximum absolute atomic E-state index is 13.3. The van der Waals surface area contributed by atoms with Crippen molar-refractivity contribution in [1.82, 2.24) is 20.8 Å². The van der Waals surface area contributed by atoms with Crippen molar-refractivity contribution >= 4 is 29.9 Å². The van der Waals surface area contributed by atoms with E-state index in [1.807, 2.05) is 27.0 Å². The largest absolute Gasteiger partial charge is 0.488 e. The fourth-order valence-corrected chi connectivity index (χ4v) is 2.63. The van der Waals surface area contributed by atoms with Gasteiger partial charge in [0.2, 0.25) is 0 Å². The first kappa shape index (κ1) is 24.2. The number of aromatic amines is 1. The molecule has 2 aromatic rings. The molecule has 1 aromatic carbocycles. The Morgan fingerprint density at radius 3 is 2.79 bits per heavy atom. The van der Waals surface area contributed by atoms with Gasteiger partial charge in [0.1, 0.15) is 17.7 Å². The van der Waals surface area contributed by atoms with Crippen LogP contribution in [0.4, 0.5) is 4.39 Å². The molecule has 2 rings (SSSR count). The highest BCUT2D eigenvalue weighted by Gasteiger charge is 2.09. The molecule has 0 saturated carbocycles. The molecule has 156 valence electrons. The highest BCUT2D eigenvalue weighted by Crippen LogP contribution is 2.15. The van der Waals surface area contributed by atoms with E-state index in [2.05, 4.69) is 25.8 Å². The molecular weight excluding hydrogens is 472 g/mol. The molecule has 1 unspecified atom stereocenters. The van der Waals surface area contributed by atoms with Gasteiger partial charge in [-0.05, 0) is 50.8 Å². The van der Waals surface area contributed by atoms with Crippen LogP contribution < -0.4 is 15.4 Å². The molecule has 0 bridgehead atoms. The van der Waals surface area contributed by atoms with Crippen molar-refractivity contribution in [3.63, 3.8) is 0 Å². The van der Waals surface area contributed by atoms with Crippen molar-refractivity contribution < 1.29 is 9.13 Å². The van der Waals surface area contributed by atoms with Gasteiger partial charge in [0.05, 0.1) is 12.7 Å². The van der Waals surface area contributed by atoms with E-state index in [1.165, 1.54) is 17.7 Å². The first-order valence-corrected chi connectivity index (χ1v) is 9.55. The Kier molecular flexibility index (Phi) is 11.5. The Hall–Kier alpha value is -1.84. The van der Waals surface area contributed by atoms with Crippen LogP contribution in [0.2, 0.25) is 0 Å². The van der Waals surface area contributed by atoms with Gasteiger partial charge in [-0.25, -0.2) is 9.38 Å². The maximum atomic E-state index is 13.3. The molecule has 0 aliphatic rings. The monoisotopic (exact) mass is 503 g/mol. The number of nitrogens with zero attached hydrogens (tertiary/aromatic N) is 2. The summed E-state index contributed by atoms with van der Waals surface area (Å²) in [4.78, 5) is 4.61. The SMILES string of the molecule is CCNC(=NCC(CC)Oc1cccc(F)c1)NCCCc1cn[nH]c1C.I. The van der Waals surface area contributed by atoms with Gasteiger partial charge in [-0.3, -0.25) is 5.10 Å². The van der Waals surface area contributed by atoms with Crippen molar-refractivity contribution in [2.45, 2.75) is 46.1 Å². The number of nitrogens with one attached hydrogen (secondary N) is 3.